The standard InChI is InChI=1S/C11H16N2OS2.ClH/c1-8-3-4-16-10(8)5-13(2)11(14)9-6-15-7-12-9;/h3-4,9,12H,5-7H2,1-2H3;1H. The molecule has 1 saturated heterocycles. The van der Waals surface area contributed by atoms with Crippen molar-refractivity contribution < 1.29 is 4.79 Å². The van der Waals surface area contributed by atoms with Crippen LogP contribution >= 0.6 is 35.5 Å². The molecule has 1 aliphatic heterocycles. The van der Waals surface area contributed by atoms with Crippen LogP contribution in [0.1, 0.15) is 10.4 Å². The second-order valence-corrected chi connectivity index (χ2v) is 6.02. The molecule has 0 bridgehead atoms. The van der Waals surface area contributed by atoms with Crippen LogP contribution in [0.5, 0.6) is 0 Å². The molecule has 17 heavy (non-hydrogen) atoms. The van der Waals surface area contributed by atoms with Gasteiger partial charge >= 0.3 is 0 Å². The highest BCUT2D eigenvalue weighted by molar-refractivity contribution is 7.99. The lowest BCUT2D eigenvalue weighted by Gasteiger charge is -2.20. The molecular weight excluding hydrogens is 276 g/mol. The van der Waals surface area contributed by atoms with Gasteiger partial charge in [-0.2, -0.15) is 0 Å². The van der Waals surface area contributed by atoms with Crippen molar-refractivity contribution in [2.75, 3.05) is 18.7 Å². The lowest BCUT2D eigenvalue weighted by Crippen LogP contribution is -2.42. The Balaban J connectivity index is 0.00000144. The van der Waals surface area contributed by atoms with E-state index in [0.29, 0.717) is 0 Å². The summed E-state index contributed by atoms with van der Waals surface area (Å²) in [4.78, 5) is 15.1. The van der Waals surface area contributed by atoms with Crippen LogP contribution in [-0.4, -0.2) is 35.5 Å². The number of likely N-dealkylation sites (N-methyl/N-ethyl adjacent to an activating group) is 1. The largest absolute Gasteiger partial charge is 0.339 e. The van der Waals surface area contributed by atoms with Crippen LogP contribution in [0.3, 0.4) is 0 Å². The molecule has 0 aliphatic carbocycles. The molecule has 1 unspecified atom stereocenters. The second kappa shape index (κ2) is 6.64. The molecule has 1 amide bonds. The van der Waals surface area contributed by atoms with Gasteiger partial charge in [0.2, 0.25) is 5.91 Å². The van der Waals surface area contributed by atoms with E-state index in [4.69, 9.17) is 0 Å². The summed E-state index contributed by atoms with van der Waals surface area (Å²) in [5.41, 5.74) is 1.28. The fourth-order valence-electron chi connectivity index (χ4n) is 1.68. The van der Waals surface area contributed by atoms with E-state index in [1.165, 1.54) is 10.4 Å². The van der Waals surface area contributed by atoms with Gasteiger partial charge in [0.15, 0.2) is 0 Å². The molecule has 1 aliphatic rings. The second-order valence-electron chi connectivity index (χ2n) is 3.99. The number of amides is 1. The van der Waals surface area contributed by atoms with Crippen LogP contribution in [0.4, 0.5) is 0 Å². The maximum atomic E-state index is 12.0. The van der Waals surface area contributed by atoms with Crippen molar-refractivity contribution in [3.05, 3.63) is 21.9 Å². The maximum Gasteiger partial charge on any atom is 0.240 e. The molecule has 2 heterocycles. The van der Waals surface area contributed by atoms with E-state index in [2.05, 4.69) is 23.7 Å². The molecule has 1 atom stereocenters. The molecular formula is C11H17ClN2OS2. The molecule has 6 heteroatoms. The Labute approximate surface area is 116 Å². The van der Waals surface area contributed by atoms with E-state index in [1.807, 2.05) is 11.9 Å². The molecule has 1 aromatic heterocycles. The first-order chi connectivity index (χ1) is 7.68. The van der Waals surface area contributed by atoms with Gasteiger partial charge in [-0.25, -0.2) is 0 Å². The van der Waals surface area contributed by atoms with E-state index in [9.17, 15) is 4.79 Å². The Bertz CT molecular complexity index is 377. The molecule has 1 N–H and O–H groups in total. The Morgan fingerprint density at radius 2 is 2.41 bits per heavy atom. The van der Waals surface area contributed by atoms with E-state index in [0.717, 1.165) is 18.2 Å². The normalized spacial score (nSPS) is 18.8. The minimum Gasteiger partial charge on any atom is -0.339 e. The fourth-order valence-corrected chi connectivity index (χ4v) is 3.57. The van der Waals surface area contributed by atoms with Crippen LogP contribution in [0, 0.1) is 6.92 Å². The van der Waals surface area contributed by atoms with E-state index >= 15 is 0 Å². The van der Waals surface area contributed by atoms with Crippen LogP contribution in [0.25, 0.3) is 0 Å². The Kier molecular flexibility index (Phi) is 5.79. The number of halogens is 1. The number of nitrogens with one attached hydrogen (secondary N) is 1. The number of rotatable bonds is 3. The zero-order chi connectivity index (χ0) is 11.5. The van der Waals surface area contributed by atoms with Gasteiger partial charge in [0, 0.05) is 23.6 Å². The average Bonchev–Trinajstić information content (AvgIpc) is 2.89. The lowest BCUT2D eigenvalue weighted by atomic mass is 10.2. The van der Waals surface area contributed by atoms with Crippen molar-refractivity contribution in [2.24, 2.45) is 0 Å². The first-order valence-corrected chi connectivity index (χ1v) is 7.31. The van der Waals surface area contributed by atoms with Crippen LogP contribution in [0.15, 0.2) is 11.4 Å². The number of thiophene rings is 1. The predicted octanol–water partition coefficient (Wildman–Crippen LogP) is 2.10. The van der Waals surface area contributed by atoms with Crippen molar-refractivity contribution in [2.45, 2.75) is 19.5 Å². The summed E-state index contributed by atoms with van der Waals surface area (Å²) in [6, 6.07) is 2.11. The molecule has 96 valence electrons. The summed E-state index contributed by atoms with van der Waals surface area (Å²) in [5, 5.41) is 5.28. The lowest BCUT2D eigenvalue weighted by molar-refractivity contribution is -0.131. The third-order valence-electron chi connectivity index (χ3n) is 2.74. The fraction of sp³-hybridized carbons (Fsp3) is 0.545. The zero-order valence-electron chi connectivity index (χ0n) is 9.93. The van der Waals surface area contributed by atoms with E-state index in [1.54, 1.807) is 23.1 Å². The monoisotopic (exact) mass is 292 g/mol. The molecule has 0 spiro atoms. The summed E-state index contributed by atoms with van der Waals surface area (Å²) < 4.78 is 0. The number of hydrogen-bond donors (Lipinski definition) is 1. The third-order valence-corrected chi connectivity index (χ3v) is 4.69. The van der Waals surface area contributed by atoms with Gasteiger partial charge in [-0.3, -0.25) is 10.1 Å². The van der Waals surface area contributed by atoms with E-state index < -0.39 is 0 Å². The molecule has 0 saturated carbocycles. The number of carbonyl (C=O) groups is 1. The van der Waals surface area contributed by atoms with Gasteiger partial charge in [-0.1, -0.05) is 0 Å². The molecule has 3 nitrogen and oxygen atoms in total. The van der Waals surface area contributed by atoms with Crippen molar-refractivity contribution >= 4 is 41.4 Å². The van der Waals surface area contributed by atoms with Crippen molar-refractivity contribution in [3.8, 4) is 0 Å². The van der Waals surface area contributed by atoms with Crippen molar-refractivity contribution in [1.29, 1.82) is 0 Å². The first-order valence-electron chi connectivity index (χ1n) is 5.27. The molecule has 1 fully saturated rings. The maximum absolute atomic E-state index is 12.0. The first kappa shape index (κ1) is 14.8. The van der Waals surface area contributed by atoms with Gasteiger partial charge in [0.25, 0.3) is 0 Å². The topological polar surface area (TPSA) is 32.3 Å². The Morgan fingerprint density at radius 1 is 1.65 bits per heavy atom. The molecule has 0 aromatic carbocycles. The van der Waals surface area contributed by atoms with Crippen molar-refractivity contribution in [3.63, 3.8) is 0 Å². The number of hydrogen-bond acceptors (Lipinski definition) is 4. The highest BCUT2D eigenvalue weighted by Gasteiger charge is 2.25. The minimum absolute atomic E-state index is 0. The van der Waals surface area contributed by atoms with Gasteiger partial charge in [-0.05, 0) is 23.9 Å². The number of thioether (sulfide) groups is 1. The quantitative estimate of drug-likeness (QED) is 0.926. The average molecular weight is 293 g/mol. The van der Waals surface area contributed by atoms with Crippen molar-refractivity contribution in [1.82, 2.24) is 10.2 Å². The Morgan fingerprint density at radius 3 is 2.94 bits per heavy atom. The molecule has 0 radical (unpaired) electrons. The zero-order valence-corrected chi connectivity index (χ0v) is 12.4. The van der Waals surface area contributed by atoms with E-state index in [-0.39, 0.29) is 24.4 Å². The molecule has 1 aromatic rings. The third kappa shape index (κ3) is 3.61. The summed E-state index contributed by atoms with van der Waals surface area (Å²) in [6.45, 7) is 2.82. The summed E-state index contributed by atoms with van der Waals surface area (Å²) >= 11 is 3.50. The number of nitrogens with zero attached hydrogens (tertiary/aromatic N) is 1. The van der Waals surface area contributed by atoms with Crippen LogP contribution < -0.4 is 5.32 Å². The predicted molar refractivity (Wildman–Crippen MR) is 77.0 cm³/mol. The highest BCUT2D eigenvalue weighted by atomic mass is 35.5. The minimum atomic E-state index is 0. The van der Waals surface area contributed by atoms with Crippen LogP contribution in [0.2, 0.25) is 0 Å². The number of aryl methyl sites for hydroxylation is 1. The summed E-state index contributed by atoms with van der Waals surface area (Å²) in [6.07, 6.45) is 0. The Hall–Kier alpha value is -0.230. The number of carbonyl (C=O) groups excluding carboxylic acids is 1. The summed E-state index contributed by atoms with van der Waals surface area (Å²) in [7, 11) is 1.88. The van der Waals surface area contributed by atoms with Gasteiger partial charge < -0.3 is 4.90 Å². The smallest absolute Gasteiger partial charge is 0.240 e. The van der Waals surface area contributed by atoms with Gasteiger partial charge in [0.05, 0.1) is 12.6 Å². The van der Waals surface area contributed by atoms with Gasteiger partial charge in [-0.15, -0.1) is 35.5 Å². The van der Waals surface area contributed by atoms with Crippen LogP contribution in [-0.2, 0) is 11.3 Å². The SMILES string of the molecule is Cc1ccsc1CN(C)C(=O)C1CSCN1.Cl. The molecule has 2 rings (SSSR count). The highest BCUT2D eigenvalue weighted by Crippen LogP contribution is 2.18. The van der Waals surface area contributed by atoms with Gasteiger partial charge in [0.1, 0.15) is 0 Å². The summed E-state index contributed by atoms with van der Waals surface area (Å²) in [5.74, 6) is 1.99.